The van der Waals surface area contributed by atoms with E-state index in [0.717, 1.165) is 32.1 Å². The van der Waals surface area contributed by atoms with Crippen molar-refractivity contribution in [3.05, 3.63) is 12.2 Å². The lowest BCUT2D eigenvalue weighted by Crippen LogP contribution is -2.23. The zero-order valence-corrected chi connectivity index (χ0v) is 29.3. The van der Waals surface area contributed by atoms with Crippen molar-refractivity contribution in [2.24, 2.45) is 5.92 Å². The second kappa shape index (κ2) is 35.4. The van der Waals surface area contributed by atoms with E-state index in [2.05, 4.69) is 26.0 Å². The predicted molar refractivity (Wildman–Crippen MR) is 189 cm³/mol. The zero-order chi connectivity index (χ0) is 31.5. The molecule has 1 N–H and O–H groups in total. The maximum absolute atomic E-state index is 12.5. The van der Waals surface area contributed by atoms with E-state index in [-0.39, 0.29) is 5.78 Å². The van der Waals surface area contributed by atoms with Crippen molar-refractivity contribution in [3.8, 4) is 0 Å². The summed E-state index contributed by atoms with van der Waals surface area (Å²) in [6, 6.07) is 0. The number of hydrogen-bond acceptors (Lipinski definition) is 2. The minimum Gasteiger partial charge on any atom is -0.481 e. The third-order valence-corrected chi connectivity index (χ3v) is 9.22. The summed E-state index contributed by atoms with van der Waals surface area (Å²) in [6.45, 7) is 4.55. The molecule has 3 nitrogen and oxygen atoms in total. The van der Waals surface area contributed by atoms with Crippen molar-refractivity contribution in [1.82, 2.24) is 0 Å². The van der Waals surface area contributed by atoms with Crippen LogP contribution in [-0.4, -0.2) is 16.9 Å². The first-order valence-corrected chi connectivity index (χ1v) is 19.5. The molecule has 1 unspecified atom stereocenters. The first kappa shape index (κ1) is 41.9. The number of carbonyl (C=O) groups is 2. The summed E-state index contributed by atoms with van der Waals surface area (Å²) in [5, 5.41) is 9.59. The fourth-order valence-corrected chi connectivity index (χ4v) is 6.22. The lowest BCUT2D eigenvalue weighted by Gasteiger charge is -2.11. The Hall–Kier alpha value is -1.12. The number of rotatable bonds is 36. The Morgan fingerprint density at radius 2 is 0.744 bits per heavy atom. The van der Waals surface area contributed by atoms with E-state index in [1.165, 1.54) is 167 Å². The van der Waals surface area contributed by atoms with Crippen LogP contribution in [0.1, 0.15) is 226 Å². The number of hydrogen-bond donors (Lipinski definition) is 1. The molecule has 0 aliphatic rings. The highest BCUT2D eigenvalue weighted by molar-refractivity contribution is 5.98. The highest BCUT2D eigenvalue weighted by atomic mass is 16.4. The van der Waals surface area contributed by atoms with Crippen LogP contribution in [0.4, 0.5) is 0 Å². The van der Waals surface area contributed by atoms with E-state index in [0.29, 0.717) is 12.8 Å². The standard InChI is InChI=1S/C40H76O3/c1-3-5-7-9-11-13-15-17-19-20-21-23-24-26-28-30-32-34-36-38(40(42)43)39(41)37-35-33-31-29-27-25-22-18-16-14-12-10-8-6-4-2/h17,19,38H,3-16,18,20-37H2,1-2H3,(H,42,43)/b19-17-. The van der Waals surface area contributed by atoms with Crippen LogP contribution < -0.4 is 0 Å². The van der Waals surface area contributed by atoms with Crippen LogP contribution in [-0.2, 0) is 9.59 Å². The fraction of sp³-hybridized carbons (Fsp3) is 0.900. The summed E-state index contributed by atoms with van der Waals surface area (Å²) in [5.41, 5.74) is 0. The predicted octanol–water partition coefficient (Wildman–Crippen LogP) is 13.7. The molecule has 0 aromatic carbocycles. The normalized spacial score (nSPS) is 12.3. The molecule has 0 aromatic rings. The molecule has 0 rings (SSSR count). The van der Waals surface area contributed by atoms with Gasteiger partial charge < -0.3 is 5.11 Å². The molecule has 0 aliphatic carbocycles. The average Bonchev–Trinajstić information content (AvgIpc) is 3.00. The molecule has 0 saturated carbocycles. The summed E-state index contributed by atoms with van der Waals surface area (Å²) in [7, 11) is 0. The number of allylic oxidation sites excluding steroid dienone is 2. The van der Waals surface area contributed by atoms with E-state index >= 15 is 0 Å². The molecule has 0 amide bonds. The molecule has 1 atom stereocenters. The van der Waals surface area contributed by atoms with Gasteiger partial charge >= 0.3 is 5.97 Å². The van der Waals surface area contributed by atoms with Crippen molar-refractivity contribution in [2.45, 2.75) is 226 Å². The summed E-state index contributed by atoms with van der Waals surface area (Å²) in [6.07, 6.45) is 45.5. The fourth-order valence-electron chi connectivity index (χ4n) is 6.22. The van der Waals surface area contributed by atoms with Crippen molar-refractivity contribution in [2.75, 3.05) is 0 Å². The Bertz CT molecular complexity index is 611. The SMILES string of the molecule is CCCCCCCC/C=C\CCCCCCCCCCC(C(=O)O)C(=O)CCCCCCCCCCCCCCCCC. The van der Waals surface area contributed by atoms with E-state index < -0.39 is 11.9 Å². The second-order valence-electron chi connectivity index (χ2n) is 13.5. The van der Waals surface area contributed by atoms with Crippen molar-refractivity contribution < 1.29 is 14.7 Å². The van der Waals surface area contributed by atoms with Gasteiger partial charge in [-0.05, 0) is 38.5 Å². The average molecular weight is 605 g/mol. The maximum Gasteiger partial charge on any atom is 0.314 e. The molecular formula is C40H76O3. The van der Waals surface area contributed by atoms with Gasteiger partial charge in [0.15, 0.2) is 0 Å². The van der Waals surface area contributed by atoms with Crippen LogP contribution in [0.5, 0.6) is 0 Å². The number of ketones is 1. The van der Waals surface area contributed by atoms with Gasteiger partial charge in [0.05, 0.1) is 0 Å². The first-order valence-electron chi connectivity index (χ1n) is 19.5. The maximum atomic E-state index is 12.5. The number of carboxylic acids is 1. The van der Waals surface area contributed by atoms with Crippen LogP contribution in [0.25, 0.3) is 0 Å². The van der Waals surface area contributed by atoms with Crippen LogP contribution in [0, 0.1) is 5.92 Å². The van der Waals surface area contributed by atoms with Gasteiger partial charge in [-0.1, -0.05) is 193 Å². The molecule has 0 bridgehead atoms. The first-order chi connectivity index (χ1) is 21.1. The largest absolute Gasteiger partial charge is 0.481 e. The topological polar surface area (TPSA) is 54.4 Å². The molecule has 0 radical (unpaired) electrons. The molecule has 254 valence electrons. The molecule has 0 saturated heterocycles. The smallest absolute Gasteiger partial charge is 0.314 e. The van der Waals surface area contributed by atoms with Gasteiger partial charge in [-0.2, -0.15) is 0 Å². The highest BCUT2D eigenvalue weighted by Gasteiger charge is 2.24. The molecule has 0 heterocycles. The van der Waals surface area contributed by atoms with Gasteiger partial charge in [-0.25, -0.2) is 0 Å². The Labute approximate surface area is 269 Å². The summed E-state index contributed by atoms with van der Waals surface area (Å²) >= 11 is 0. The van der Waals surface area contributed by atoms with E-state index in [1.807, 2.05) is 0 Å². The molecule has 0 aliphatic heterocycles. The molecule has 3 heteroatoms. The quantitative estimate of drug-likeness (QED) is 0.0439. The van der Waals surface area contributed by atoms with Crippen LogP contribution in [0.2, 0.25) is 0 Å². The monoisotopic (exact) mass is 605 g/mol. The zero-order valence-electron chi connectivity index (χ0n) is 29.3. The Morgan fingerprint density at radius 3 is 1.09 bits per heavy atom. The number of Topliss-reactive ketones (excluding diaryl/α,β-unsaturated/α-hetero) is 1. The minimum absolute atomic E-state index is 0.0387. The Balaban J connectivity index is 3.54. The van der Waals surface area contributed by atoms with Crippen molar-refractivity contribution in [1.29, 1.82) is 0 Å². The highest BCUT2D eigenvalue weighted by Crippen LogP contribution is 2.19. The Morgan fingerprint density at radius 1 is 0.442 bits per heavy atom. The van der Waals surface area contributed by atoms with Gasteiger partial charge in [0.25, 0.3) is 0 Å². The molecule has 0 aromatic heterocycles. The van der Waals surface area contributed by atoms with Crippen LogP contribution in [0.15, 0.2) is 12.2 Å². The number of carbonyl (C=O) groups excluding carboxylic acids is 1. The Kier molecular flexibility index (Phi) is 34.4. The summed E-state index contributed by atoms with van der Waals surface area (Å²) in [5.74, 6) is -1.73. The molecule has 0 spiro atoms. The van der Waals surface area contributed by atoms with E-state index in [1.54, 1.807) is 0 Å². The number of carboxylic acid groups (broad SMARTS) is 1. The number of aliphatic carboxylic acids is 1. The van der Waals surface area contributed by atoms with Crippen LogP contribution >= 0.6 is 0 Å². The molecule has 43 heavy (non-hydrogen) atoms. The lowest BCUT2D eigenvalue weighted by molar-refractivity contribution is -0.146. The summed E-state index contributed by atoms with van der Waals surface area (Å²) < 4.78 is 0. The van der Waals surface area contributed by atoms with Crippen molar-refractivity contribution >= 4 is 11.8 Å². The molecule has 0 fully saturated rings. The van der Waals surface area contributed by atoms with Gasteiger partial charge in [0.1, 0.15) is 11.7 Å². The second-order valence-corrected chi connectivity index (χ2v) is 13.5. The van der Waals surface area contributed by atoms with Crippen molar-refractivity contribution in [3.63, 3.8) is 0 Å². The van der Waals surface area contributed by atoms with Gasteiger partial charge in [0, 0.05) is 6.42 Å². The minimum atomic E-state index is -0.910. The third-order valence-electron chi connectivity index (χ3n) is 9.22. The van der Waals surface area contributed by atoms with E-state index in [4.69, 9.17) is 0 Å². The van der Waals surface area contributed by atoms with Gasteiger partial charge in [-0.15, -0.1) is 0 Å². The van der Waals surface area contributed by atoms with Gasteiger partial charge in [-0.3, -0.25) is 9.59 Å². The van der Waals surface area contributed by atoms with Crippen LogP contribution in [0.3, 0.4) is 0 Å². The molecular weight excluding hydrogens is 528 g/mol. The number of unbranched alkanes of at least 4 members (excludes halogenated alkanes) is 28. The van der Waals surface area contributed by atoms with Gasteiger partial charge in [0.2, 0.25) is 0 Å². The summed E-state index contributed by atoms with van der Waals surface area (Å²) in [4.78, 5) is 24.2. The lowest BCUT2D eigenvalue weighted by atomic mass is 9.93. The van der Waals surface area contributed by atoms with E-state index in [9.17, 15) is 14.7 Å². The third kappa shape index (κ3) is 32.1.